The van der Waals surface area contributed by atoms with Crippen LogP contribution in [0.15, 0.2) is 24.3 Å². The van der Waals surface area contributed by atoms with Crippen molar-refractivity contribution in [3.63, 3.8) is 0 Å². The molecule has 0 atom stereocenters. The van der Waals surface area contributed by atoms with Crippen LogP contribution < -0.4 is 10.1 Å². The van der Waals surface area contributed by atoms with E-state index in [1.807, 2.05) is 26.0 Å². The minimum Gasteiger partial charge on any atom is -0.494 e. The molecule has 0 aliphatic heterocycles. The summed E-state index contributed by atoms with van der Waals surface area (Å²) >= 11 is 0. The highest BCUT2D eigenvalue weighted by atomic mass is 16.5. The minimum absolute atomic E-state index is 0.214. The number of esters is 1. The van der Waals surface area contributed by atoms with Crippen LogP contribution in [0.2, 0.25) is 0 Å². The Balaban J connectivity index is 2.42. The topological polar surface area (TPSA) is 47.6 Å². The van der Waals surface area contributed by atoms with Crippen molar-refractivity contribution in [1.29, 1.82) is 0 Å². The molecular weight excluding hydrogens is 290 g/mol. The van der Waals surface area contributed by atoms with Crippen LogP contribution in [0.1, 0.15) is 63.7 Å². The lowest BCUT2D eigenvalue weighted by atomic mass is 10.1. The Morgan fingerprint density at radius 1 is 1.09 bits per heavy atom. The second kappa shape index (κ2) is 10.3. The standard InChI is InChI=1S/C19H31NO3/c1-5-7-13-20-19(3,4)15-23-18(21)16-9-11-17(12-10-16)22-14-8-6-2/h9-12,20H,5-8,13-15H2,1-4H3. The van der Waals surface area contributed by atoms with E-state index in [2.05, 4.69) is 19.2 Å². The SMILES string of the molecule is CCCCNC(C)(C)COC(=O)c1ccc(OCCCC)cc1. The zero-order valence-corrected chi connectivity index (χ0v) is 15.0. The van der Waals surface area contributed by atoms with E-state index in [1.54, 1.807) is 12.1 Å². The molecule has 1 N–H and O–H groups in total. The summed E-state index contributed by atoms with van der Waals surface area (Å²) in [5.41, 5.74) is 0.339. The molecule has 0 amide bonds. The van der Waals surface area contributed by atoms with Crippen LogP contribution >= 0.6 is 0 Å². The van der Waals surface area contributed by atoms with Crippen LogP contribution in [0.25, 0.3) is 0 Å². The summed E-state index contributed by atoms with van der Waals surface area (Å²) in [5.74, 6) is 0.493. The van der Waals surface area contributed by atoms with E-state index in [1.165, 1.54) is 0 Å². The largest absolute Gasteiger partial charge is 0.494 e. The molecule has 4 nitrogen and oxygen atoms in total. The number of hydrogen-bond acceptors (Lipinski definition) is 4. The third-order valence-corrected chi connectivity index (χ3v) is 3.55. The lowest BCUT2D eigenvalue weighted by Gasteiger charge is -2.25. The average molecular weight is 321 g/mol. The molecule has 0 aliphatic carbocycles. The molecule has 1 rings (SSSR count). The first kappa shape index (κ1) is 19.5. The molecule has 130 valence electrons. The Kier molecular flexibility index (Phi) is 8.70. The Labute approximate surface area is 140 Å². The maximum absolute atomic E-state index is 12.1. The van der Waals surface area contributed by atoms with Gasteiger partial charge >= 0.3 is 5.97 Å². The summed E-state index contributed by atoms with van der Waals surface area (Å²) in [5, 5.41) is 3.41. The fourth-order valence-corrected chi connectivity index (χ4v) is 2.01. The second-order valence-electron chi connectivity index (χ2n) is 6.47. The molecule has 0 radical (unpaired) electrons. The van der Waals surface area contributed by atoms with Crippen molar-refractivity contribution >= 4 is 5.97 Å². The van der Waals surface area contributed by atoms with Crippen LogP contribution in [0.3, 0.4) is 0 Å². The Morgan fingerprint density at radius 2 is 1.74 bits per heavy atom. The summed E-state index contributed by atoms with van der Waals surface area (Å²) in [6.07, 6.45) is 4.41. The van der Waals surface area contributed by atoms with E-state index in [-0.39, 0.29) is 11.5 Å². The second-order valence-corrected chi connectivity index (χ2v) is 6.47. The summed E-state index contributed by atoms with van der Waals surface area (Å²) in [6, 6.07) is 7.13. The Morgan fingerprint density at radius 3 is 2.35 bits per heavy atom. The van der Waals surface area contributed by atoms with Gasteiger partial charge in [0.15, 0.2) is 0 Å². The average Bonchev–Trinajstić information content (AvgIpc) is 2.54. The molecule has 0 saturated carbocycles. The van der Waals surface area contributed by atoms with Crippen molar-refractivity contribution in [3.8, 4) is 5.75 Å². The Bertz CT molecular complexity index is 454. The third-order valence-electron chi connectivity index (χ3n) is 3.55. The van der Waals surface area contributed by atoms with Gasteiger partial charge in [0.05, 0.1) is 12.2 Å². The van der Waals surface area contributed by atoms with Gasteiger partial charge in [0.2, 0.25) is 0 Å². The normalized spacial score (nSPS) is 11.3. The predicted molar refractivity (Wildman–Crippen MR) is 94.1 cm³/mol. The number of carbonyl (C=O) groups is 1. The summed E-state index contributed by atoms with van der Waals surface area (Å²) in [4.78, 5) is 12.1. The van der Waals surface area contributed by atoms with Gasteiger partial charge in [-0.05, 0) is 57.5 Å². The van der Waals surface area contributed by atoms with Gasteiger partial charge in [-0.1, -0.05) is 26.7 Å². The maximum Gasteiger partial charge on any atom is 0.338 e. The van der Waals surface area contributed by atoms with Crippen molar-refractivity contribution in [2.24, 2.45) is 0 Å². The lowest BCUT2D eigenvalue weighted by molar-refractivity contribution is 0.0400. The predicted octanol–water partition coefficient (Wildman–Crippen LogP) is 4.19. The van der Waals surface area contributed by atoms with E-state index in [0.29, 0.717) is 18.8 Å². The third kappa shape index (κ3) is 8.03. The van der Waals surface area contributed by atoms with Crippen molar-refractivity contribution < 1.29 is 14.3 Å². The van der Waals surface area contributed by atoms with Gasteiger partial charge in [-0.2, -0.15) is 0 Å². The maximum atomic E-state index is 12.1. The smallest absolute Gasteiger partial charge is 0.338 e. The summed E-state index contributed by atoms with van der Waals surface area (Å²) in [7, 11) is 0. The molecule has 1 aromatic rings. The number of benzene rings is 1. The van der Waals surface area contributed by atoms with Gasteiger partial charge in [-0.3, -0.25) is 0 Å². The molecule has 0 bridgehead atoms. The molecule has 0 fully saturated rings. The zero-order valence-electron chi connectivity index (χ0n) is 15.0. The van der Waals surface area contributed by atoms with Crippen molar-refractivity contribution in [2.45, 2.75) is 58.9 Å². The number of carbonyl (C=O) groups excluding carboxylic acids is 1. The van der Waals surface area contributed by atoms with Crippen LogP contribution in [-0.2, 0) is 4.74 Å². The summed E-state index contributed by atoms with van der Waals surface area (Å²) in [6.45, 7) is 10.4. The number of unbranched alkanes of at least 4 members (excludes halogenated alkanes) is 2. The fraction of sp³-hybridized carbons (Fsp3) is 0.632. The van der Waals surface area contributed by atoms with E-state index < -0.39 is 0 Å². The van der Waals surface area contributed by atoms with Gasteiger partial charge in [-0.15, -0.1) is 0 Å². The van der Waals surface area contributed by atoms with Gasteiger partial charge < -0.3 is 14.8 Å². The first-order valence-corrected chi connectivity index (χ1v) is 8.63. The number of nitrogens with one attached hydrogen (secondary N) is 1. The van der Waals surface area contributed by atoms with Gasteiger partial charge in [0.1, 0.15) is 12.4 Å². The van der Waals surface area contributed by atoms with E-state index >= 15 is 0 Å². The van der Waals surface area contributed by atoms with Crippen LogP contribution in [-0.4, -0.2) is 31.3 Å². The lowest BCUT2D eigenvalue weighted by Crippen LogP contribution is -2.44. The molecule has 0 heterocycles. The first-order valence-electron chi connectivity index (χ1n) is 8.63. The molecule has 23 heavy (non-hydrogen) atoms. The van der Waals surface area contributed by atoms with Crippen molar-refractivity contribution in [2.75, 3.05) is 19.8 Å². The molecular formula is C19H31NO3. The van der Waals surface area contributed by atoms with Gasteiger partial charge in [-0.25, -0.2) is 4.79 Å². The molecule has 0 aliphatic rings. The first-order chi connectivity index (χ1) is 11.0. The molecule has 0 unspecified atom stereocenters. The highest BCUT2D eigenvalue weighted by Gasteiger charge is 2.19. The minimum atomic E-state index is -0.296. The molecule has 1 aromatic carbocycles. The monoisotopic (exact) mass is 321 g/mol. The van der Waals surface area contributed by atoms with E-state index in [4.69, 9.17) is 9.47 Å². The number of rotatable bonds is 11. The van der Waals surface area contributed by atoms with E-state index in [0.717, 1.165) is 38.0 Å². The summed E-state index contributed by atoms with van der Waals surface area (Å²) < 4.78 is 11.0. The van der Waals surface area contributed by atoms with Crippen LogP contribution in [0, 0.1) is 0 Å². The van der Waals surface area contributed by atoms with E-state index in [9.17, 15) is 4.79 Å². The van der Waals surface area contributed by atoms with Crippen molar-refractivity contribution in [1.82, 2.24) is 5.32 Å². The van der Waals surface area contributed by atoms with Crippen LogP contribution in [0.5, 0.6) is 5.75 Å². The van der Waals surface area contributed by atoms with Gasteiger partial charge in [0.25, 0.3) is 0 Å². The molecule has 0 spiro atoms. The quantitative estimate of drug-likeness (QED) is 0.490. The number of hydrogen-bond donors (Lipinski definition) is 1. The fourth-order valence-electron chi connectivity index (χ4n) is 2.01. The number of ether oxygens (including phenoxy) is 2. The molecule has 0 saturated heterocycles. The highest BCUT2D eigenvalue weighted by Crippen LogP contribution is 2.14. The zero-order chi connectivity index (χ0) is 17.1. The van der Waals surface area contributed by atoms with Crippen LogP contribution in [0.4, 0.5) is 0 Å². The Hall–Kier alpha value is -1.55. The molecule has 0 aromatic heterocycles. The van der Waals surface area contributed by atoms with Gasteiger partial charge in [0, 0.05) is 5.54 Å². The molecule has 4 heteroatoms. The highest BCUT2D eigenvalue weighted by molar-refractivity contribution is 5.89. The van der Waals surface area contributed by atoms with Crippen molar-refractivity contribution in [3.05, 3.63) is 29.8 Å².